The van der Waals surface area contributed by atoms with E-state index < -0.39 is 12.1 Å². The van der Waals surface area contributed by atoms with Crippen molar-refractivity contribution < 1.29 is 24.5 Å². The van der Waals surface area contributed by atoms with Crippen LogP contribution >= 0.6 is 0 Å². The number of allylic oxidation sites excluding steroid dienone is 5. The molecule has 0 aromatic rings. The average molecular weight is 1110 g/mol. The minimum atomic E-state index is -0.850. The third-order valence-corrected chi connectivity index (χ3v) is 16.7. The summed E-state index contributed by atoms with van der Waals surface area (Å²) in [6.07, 6.45) is 87.8. The largest absolute Gasteiger partial charge is 0.466 e. The van der Waals surface area contributed by atoms with Gasteiger partial charge in [-0.2, -0.15) is 0 Å². The molecule has 0 heterocycles. The molecule has 0 bridgehead atoms. The lowest BCUT2D eigenvalue weighted by molar-refractivity contribution is -0.143. The highest BCUT2D eigenvalue weighted by Crippen LogP contribution is 2.19. The predicted molar refractivity (Wildman–Crippen MR) is 347 cm³/mol. The van der Waals surface area contributed by atoms with Crippen molar-refractivity contribution in [3.05, 3.63) is 36.5 Å². The van der Waals surface area contributed by atoms with E-state index in [2.05, 4.69) is 43.5 Å². The topological polar surface area (TPSA) is 95.9 Å². The van der Waals surface area contributed by atoms with E-state index in [9.17, 15) is 19.8 Å². The van der Waals surface area contributed by atoms with Gasteiger partial charge < -0.3 is 20.3 Å². The zero-order valence-electron chi connectivity index (χ0n) is 53.4. The highest BCUT2D eigenvalue weighted by molar-refractivity contribution is 5.76. The van der Waals surface area contributed by atoms with E-state index in [1.54, 1.807) is 6.08 Å². The first-order chi connectivity index (χ1) is 39.0. The van der Waals surface area contributed by atoms with Crippen molar-refractivity contribution in [2.45, 2.75) is 405 Å². The predicted octanol–water partition coefficient (Wildman–Crippen LogP) is 23.1. The molecule has 0 aliphatic heterocycles. The van der Waals surface area contributed by atoms with Gasteiger partial charge in [0.2, 0.25) is 5.91 Å². The molecule has 466 valence electrons. The molecular formula is C73H139NO5. The van der Waals surface area contributed by atoms with E-state index >= 15 is 0 Å². The second-order valence-electron chi connectivity index (χ2n) is 24.6. The van der Waals surface area contributed by atoms with Crippen LogP contribution in [0.5, 0.6) is 0 Å². The van der Waals surface area contributed by atoms with Crippen LogP contribution in [0.15, 0.2) is 36.5 Å². The molecule has 0 aromatic heterocycles. The number of esters is 1. The van der Waals surface area contributed by atoms with Gasteiger partial charge >= 0.3 is 5.97 Å². The van der Waals surface area contributed by atoms with E-state index in [1.165, 1.54) is 315 Å². The lowest BCUT2D eigenvalue weighted by Gasteiger charge is -2.20. The number of amides is 1. The van der Waals surface area contributed by atoms with E-state index in [0.29, 0.717) is 19.4 Å². The van der Waals surface area contributed by atoms with Crippen molar-refractivity contribution in [1.29, 1.82) is 0 Å². The molecule has 0 saturated heterocycles. The molecule has 1 amide bonds. The van der Waals surface area contributed by atoms with Gasteiger partial charge in [-0.3, -0.25) is 9.59 Å². The van der Waals surface area contributed by atoms with E-state index in [0.717, 1.165) is 51.4 Å². The Morgan fingerprint density at radius 1 is 0.354 bits per heavy atom. The number of ether oxygens (including phenoxy) is 1. The smallest absolute Gasteiger partial charge is 0.305 e. The van der Waals surface area contributed by atoms with Crippen LogP contribution in [-0.4, -0.2) is 47.4 Å². The first kappa shape index (κ1) is 77.1. The maximum Gasteiger partial charge on any atom is 0.305 e. The Hall–Kier alpha value is -1.92. The first-order valence-electron chi connectivity index (χ1n) is 35.8. The van der Waals surface area contributed by atoms with E-state index in [1.807, 2.05) is 6.08 Å². The summed E-state index contributed by atoms with van der Waals surface area (Å²) < 4.78 is 5.50. The highest BCUT2D eigenvalue weighted by Gasteiger charge is 2.18. The van der Waals surface area contributed by atoms with Crippen molar-refractivity contribution in [3.8, 4) is 0 Å². The summed E-state index contributed by atoms with van der Waals surface area (Å²) >= 11 is 0. The summed E-state index contributed by atoms with van der Waals surface area (Å²) in [4.78, 5) is 24.7. The number of carbonyl (C=O) groups is 2. The van der Waals surface area contributed by atoms with Crippen LogP contribution in [-0.2, 0) is 14.3 Å². The Morgan fingerprint density at radius 2 is 0.633 bits per heavy atom. The van der Waals surface area contributed by atoms with Crippen LogP contribution in [0.4, 0.5) is 0 Å². The van der Waals surface area contributed by atoms with Crippen LogP contribution in [0.1, 0.15) is 393 Å². The van der Waals surface area contributed by atoms with Crippen molar-refractivity contribution in [1.82, 2.24) is 5.32 Å². The van der Waals surface area contributed by atoms with Crippen LogP contribution in [0.3, 0.4) is 0 Å². The van der Waals surface area contributed by atoms with Crippen molar-refractivity contribution in [2.24, 2.45) is 0 Å². The van der Waals surface area contributed by atoms with Crippen molar-refractivity contribution in [3.63, 3.8) is 0 Å². The summed E-state index contributed by atoms with van der Waals surface area (Å²) in [7, 11) is 0. The summed E-state index contributed by atoms with van der Waals surface area (Å²) in [5.41, 5.74) is 0. The lowest BCUT2D eigenvalue weighted by Crippen LogP contribution is -2.45. The number of hydrogen-bond donors (Lipinski definition) is 3. The monoisotopic (exact) mass is 1110 g/mol. The molecule has 6 nitrogen and oxygen atoms in total. The molecule has 0 rings (SSSR count). The second-order valence-corrected chi connectivity index (χ2v) is 24.6. The van der Waals surface area contributed by atoms with E-state index in [4.69, 9.17) is 4.74 Å². The molecule has 79 heavy (non-hydrogen) atoms. The maximum atomic E-state index is 12.5. The van der Waals surface area contributed by atoms with Gasteiger partial charge in [-0.1, -0.05) is 352 Å². The Balaban J connectivity index is 3.42. The molecule has 0 aromatic carbocycles. The molecule has 0 saturated carbocycles. The summed E-state index contributed by atoms with van der Waals surface area (Å²) in [6.45, 7) is 4.91. The normalized spacial score (nSPS) is 12.7. The Labute approximate surface area is 494 Å². The lowest BCUT2D eigenvalue weighted by atomic mass is 10.0. The summed E-state index contributed by atoms with van der Waals surface area (Å²) in [5, 5.41) is 23.3. The summed E-state index contributed by atoms with van der Waals surface area (Å²) in [6, 6.07) is -0.633. The van der Waals surface area contributed by atoms with Gasteiger partial charge in [0.1, 0.15) is 0 Å². The molecule has 0 aliphatic carbocycles. The highest BCUT2D eigenvalue weighted by atomic mass is 16.5. The molecule has 2 unspecified atom stereocenters. The first-order valence-corrected chi connectivity index (χ1v) is 35.8. The fraction of sp³-hybridized carbons (Fsp3) is 0.890. The van der Waals surface area contributed by atoms with Gasteiger partial charge in [-0.15, -0.1) is 0 Å². The van der Waals surface area contributed by atoms with Crippen LogP contribution in [0, 0.1) is 0 Å². The fourth-order valence-electron chi connectivity index (χ4n) is 11.2. The molecule has 3 N–H and O–H groups in total. The third-order valence-electron chi connectivity index (χ3n) is 16.7. The number of aliphatic hydroxyl groups excluding tert-OH is 2. The number of aliphatic hydroxyl groups is 2. The molecule has 0 fully saturated rings. The zero-order chi connectivity index (χ0) is 57.1. The van der Waals surface area contributed by atoms with Gasteiger partial charge in [0, 0.05) is 12.8 Å². The van der Waals surface area contributed by atoms with Crippen LogP contribution in [0.25, 0.3) is 0 Å². The third kappa shape index (κ3) is 65.1. The molecule has 0 aliphatic rings. The molecule has 2 atom stereocenters. The number of nitrogens with one attached hydrogen (secondary N) is 1. The number of hydrogen-bond acceptors (Lipinski definition) is 5. The fourth-order valence-corrected chi connectivity index (χ4v) is 11.2. The molecule has 0 spiro atoms. The number of carbonyl (C=O) groups excluding carboxylic acids is 2. The number of unbranched alkanes of at least 4 members (excludes halogenated alkanes) is 52. The quantitative estimate of drug-likeness (QED) is 0.0320. The molecule has 6 heteroatoms. The minimum Gasteiger partial charge on any atom is -0.466 e. The van der Waals surface area contributed by atoms with Gasteiger partial charge in [0.15, 0.2) is 0 Å². The van der Waals surface area contributed by atoms with Gasteiger partial charge in [-0.05, 0) is 64.2 Å². The van der Waals surface area contributed by atoms with Gasteiger partial charge in [0.05, 0.1) is 25.4 Å². The van der Waals surface area contributed by atoms with Gasteiger partial charge in [-0.25, -0.2) is 0 Å². The average Bonchev–Trinajstić information content (AvgIpc) is 3.45. The molecule has 0 radical (unpaired) electrons. The number of rotatable bonds is 67. The maximum absolute atomic E-state index is 12.5. The Kier molecular flexibility index (Phi) is 66.9. The summed E-state index contributed by atoms with van der Waals surface area (Å²) in [5.74, 6) is -0.0643. The SMILES string of the molecule is CCCCC/C=C\C/C=C\CCCCCCCCCCCC(=O)OCCCCCCCCCCCCCCCCCCCCC(=O)NC(CO)C(O)/C=C/CCCCCCCCCCCCCCCCCCCCCCCCC. The Morgan fingerprint density at radius 3 is 0.987 bits per heavy atom. The second kappa shape index (κ2) is 68.6. The zero-order valence-corrected chi connectivity index (χ0v) is 53.4. The van der Waals surface area contributed by atoms with Crippen LogP contribution in [0.2, 0.25) is 0 Å². The minimum absolute atomic E-state index is 0.00362. The van der Waals surface area contributed by atoms with Crippen LogP contribution < -0.4 is 5.32 Å². The van der Waals surface area contributed by atoms with Gasteiger partial charge in [0.25, 0.3) is 0 Å². The van der Waals surface area contributed by atoms with Crippen molar-refractivity contribution in [2.75, 3.05) is 13.2 Å². The van der Waals surface area contributed by atoms with E-state index in [-0.39, 0.29) is 18.5 Å². The van der Waals surface area contributed by atoms with Crippen molar-refractivity contribution >= 4 is 11.9 Å². The standard InChI is InChI=1S/C73H139NO5/c1-3-5-7-9-11-13-15-17-19-21-23-24-25-26-27-28-30-33-37-41-45-49-53-57-61-65-71(76)70(69-75)74-72(77)66-62-58-54-50-46-42-38-34-31-32-36-40-44-48-52-56-60-64-68-79-73(78)67-63-59-55-51-47-43-39-35-29-22-20-18-16-14-12-10-8-6-4-2/h12,14,18,20,61,65,70-71,75-76H,3-11,13,15-17,19,21-60,62-64,66-69H2,1-2H3,(H,74,77)/b14-12-,20-18-,65-61+. The Bertz CT molecular complexity index is 1280. The molecular weight excluding hydrogens is 971 g/mol.